The third kappa shape index (κ3) is 3.09. The van der Waals surface area contributed by atoms with Gasteiger partial charge < -0.3 is 5.11 Å². The Kier molecular flexibility index (Phi) is 4.33. The zero-order valence-electron chi connectivity index (χ0n) is 8.94. The van der Waals surface area contributed by atoms with Gasteiger partial charge in [-0.1, -0.05) is 34.8 Å². The van der Waals surface area contributed by atoms with E-state index in [1.54, 1.807) is 17.6 Å². The standard InChI is InChI=1S/C11H7ClN2O2S2/c12-8-3-5-17-9(8)10(16)14-11-13-6-7(18-11)2-1-4-15/h3,5-6,15H,4H2,(H,13,14,16). The van der Waals surface area contributed by atoms with E-state index in [0.29, 0.717) is 19.9 Å². The quantitative estimate of drug-likeness (QED) is 0.837. The molecule has 7 heteroatoms. The third-order valence-electron chi connectivity index (χ3n) is 1.84. The number of nitrogens with zero attached hydrogens (tertiary/aromatic N) is 1. The first-order valence-corrected chi connectivity index (χ1v) is 6.88. The molecule has 0 fully saturated rings. The fourth-order valence-corrected chi connectivity index (χ4v) is 2.85. The zero-order valence-corrected chi connectivity index (χ0v) is 11.3. The third-order valence-corrected chi connectivity index (χ3v) is 4.01. The normalized spacial score (nSPS) is 9.67. The van der Waals surface area contributed by atoms with Gasteiger partial charge in [-0.3, -0.25) is 10.1 Å². The summed E-state index contributed by atoms with van der Waals surface area (Å²) in [5.41, 5.74) is 0. The summed E-state index contributed by atoms with van der Waals surface area (Å²) in [6, 6.07) is 1.67. The molecule has 0 aliphatic rings. The molecular formula is C11H7ClN2O2S2. The summed E-state index contributed by atoms with van der Waals surface area (Å²) in [5.74, 6) is 4.94. The molecule has 0 aromatic carbocycles. The van der Waals surface area contributed by atoms with Crippen LogP contribution in [-0.4, -0.2) is 22.6 Å². The Bertz CT molecular complexity index is 624. The Balaban J connectivity index is 2.08. The van der Waals surface area contributed by atoms with E-state index in [4.69, 9.17) is 16.7 Å². The molecule has 1 amide bonds. The highest BCUT2D eigenvalue weighted by Crippen LogP contribution is 2.24. The highest BCUT2D eigenvalue weighted by molar-refractivity contribution is 7.16. The molecule has 0 atom stereocenters. The van der Waals surface area contributed by atoms with Gasteiger partial charge in [0, 0.05) is 0 Å². The Morgan fingerprint density at radius 1 is 1.61 bits per heavy atom. The fourth-order valence-electron chi connectivity index (χ4n) is 1.13. The molecule has 0 spiro atoms. The minimum atomic E-state index is -0.286. The molecule has 0 radical (unpaired) electrons. The molecule has 0 unspecified atom stereocenters. The first kappa shape index (κ1) is 13.1. The van der Waals surface area contributed by atoms with Crippen molar-refractivity contribution in [3.05, 3.63) is 32.4 Å². The number of halogens is 1. The van der Waals surface area contributed by atoms with Crippen molar-refractivity contribution in [3.63, 3.8) is 0 Å². The van der Waals surface area contributed by atoms with E-state index in [9.17, 15) is 4.79 Å². The number of amides is 1. The van der Waals surface area contributed by atoms with Gasteiger partial charge in [0.15, 0.2) is 5.13 Å². The number of rotatable bonds is 2. The van der Waals surface area contributed by atoms with Gasteiger partial charge in [-0.05, 0) is 11.4 Å². The largest absolute Gasteiger partial charge is 0.384 e. The van der Waals surface area contributed by atoms with Crippen LogP contribution >= 0.6 is 34.3 Å². The zero-order chi connectivity index (χ0) is 13.0. The minimum Gasteiger partial charge on any atom is -0.384 e. The number of carbonyl (C=O) groups excluding carboxylic acids is 1. The number of hydrogen-bond acceptors (Lipinski definition) is 5. The SMILES string of the molecule is O=C(Nc1ncc(C#CCO)s1)c1sccc1Cl. The van der Waals surface area contributed by atoms with Crippen LogP contribution in [0.15, 0.2) is 17.6 Å². The van der Waals surface area contributed by atoms with E-state index in [-0.39, 0.29) is 12.5 Å². The second kappa shape index (κ2) is 5.98. The van der Waals surface area contributed by atoms with Crippen LogP contribution in [-0.2, 0) is 0 Å². The van der Waals surface area contributed by atoms with Crippen molar-refractivity contribution in [3.8, 4) is 11.8 Å². The van der Waals surface area contributed by atoms with Crippen LogP contribution < -0.4 is 5.32 Å². The second-order valence-electron chi connectivity index (χ2n) is 3.04. The summed E-state index contributed by atoms with van der Waals surface area (Å²) in [5, 5.41) is 13.8. The van der Waals surface area contributed by atoms with E-state index < -0.39 is 0 Å². The van der Waals surface area contributed by atoms with E-state index >= 15 is 0 Å². The number of carbonyl (C=O) groups is 1. The Labute approximate surface area is 116 Å². The van der Waals surface area contributed by atoms with E-state index in [0.717, 1.165) is 0 Å². The monoisotopic (exact) mass is 298 g/mol. The van der Waals surface area contributed by atoms with Gasteiger partial charge in [0.25, 0.3) is 5.91 Å². The number of anilines is 1. The number of thiazole rings is 1. The number of thiophene rings is 1. The Hall–Kier alpha value is -1.39. The molecule has 0 aliphatic heterocycles. The van der Waals surface area contributed by atoms with E-state index in [1.165, 1.54) is 22.7 Å². The number of nitrogens with one attached hydrogen (secondary N) is 1. The first-order chi connectivity index (χ1) is 8.70. The van der Waals surface area contributed by atoms with Gasteiger partial charge in [0.2, 0.25) is 0 Å². The van der Waals surface area contributed by atoms with Crippen molar-refractivity contribution in [1.82, 2.24) is 4.98 Å². The highest BCUT2D eigenvalue weighted by atomic mass is 35.5. The lowest BCUT2D eigenvalue weighted by Gasteiger charge is -1.98. The van der Waals surface area contributed by atoms with Gasteiger partial charge in [-0.15, -0.1) is 11.3 Å². The van der Waals surface area contributed by atoms with Crippen molar-refractivity contribution >= 4 is 45.3 Å². The minimum absolute atomic E-state index is 0.204. The summed E-state index contributed by atoms with van der Waals surface area (Å²) in [7, 11) is 0. The van der Waals surface area contributed by atoms with Crippen molar-refractivity contribution in [2.24, 2.45) is 0 Å². The molecule has 92 valence electrons. The molecule has 0 aliphatic carbocycles. The predicted octanol–water partition coefficient (Wildman–Crippen LogP) is 2.45. The highest BCUT2D eigenvalue weighted by Gasteiger charge is 2.13. The average molecular weight is 299 g/mol. The molecule has 0 saturated carbocycles. The van der Waals surface area contributed by atoms with Gasteiger partial charge in [-0.2, -0.15) is 0 Å². The van der Waals surface area contributed by atoms with Gasteiger partial charge >= 0.3 is 0 Å². The maximum Gasteiger partial charge on any atom is 0.269 e. The lowest BCUT2D eigenvalue weighted by Crippen LogP contribution is -2.10. The van der Waals surface area contributed by atoms with Gasteiger partial charge in [-0.25, -0.2) is 4.98 Å². The van der Waals surface area contributed by atoms with Gasteiger partial charge in [0.05, 0.1) is 16.1 Å². The van der Waals surface area contributed by atoms with Gasteiger partial charge in [0.1, 0.15) is 11.5 Å². The molecular weight excluding hydrogens is 292 g/mol. The molecule has 2 rings (SSSR count). The second-order valence-corrected chi connectivity index (χ2v) is 5.40. The predicted molar refractivity (Wildman–Crippen MR) is 73.4 cm³/mol. The van der Waals surface area contributed by atoms with Crippen LogP contribution in [0.25, 0.3) is 0 Å². The fraction of sp³-hybridized carbons (Fsp3) is 0.0909. The molecule has 4 nitrogen and oxygen atoms in total. The molecule has 0 saturated heterocycles. The van der Waals surface area contributed by atoms with Crippen LogP contribution in [0.3, 0.4) is 0 Å². The van der Waals surface area contributed by atoms with E-state index in [1.807, 2.05) is 0 Å². The summed E-state index contributed by atoms with van der Waals surface area (Å²) >= 11 is 8.36. The van der Waals surface area contributed by atoms with Crippen molar-refractivity contribution in [2.45, 2.75) is 0 Å². The van der Waals surface area contributed by atoms with Crippen LogP contribution in [0.2, 0.25) is 5.02 Å². The van der Waals surface area contributed by atoms with Crippen molar-refractivity contribution in [2.75, 3.05) is 11.9 Å². The van der Waals surface area contributed by atoms with Crippen LogP contribution in [0.5, 0.6) is 0 Å². The first-order valence-electron chi connectivity index (χ1n) is 4.80. The Morgan fingerprint density at radius 2 is 2.44 bits per heavy atom. The molecule has 0 bridgehead atoms. The molecule has 18 heavy (non-hydrogen) atoms. The number of aliphatic hydroxyl groups is 1. The van der Waals surface area contributed by atoms with Crippen LogP contribution in [0.4, 0.5) is 5.13 Å². The van der Waals surface area contributed by atoms with Crippen molar-refractivity contribution in [1.29, 1.82) is 0 Å². The average Bonchev–Trinajstić information content (AvgIpc) is 2.95. The smallest absolute Gasteiger partial charge is 0.269 e. The van der Waals surface area contributed by atoms with Crippen molar-refractivity contribution < 1.29 is 9.90 Å². The summed E-state index contributed by atoms with van der Waals surface area (Å²) < 4.78 is 0. The Morgan fingerprint density at radius 3 is 3.11 bits per heavy atom. The molecule has 2 aromatic rings. The van der Waals surface area contributed by atoms with Crippen LogP contribution in [0, 0.1) is 11.8 Å². The lowest BCUT2D eigenvalue weighted by atomic mass is 10.4. The maximum absolute atomic E-state index is 11.8. The molecule has 2 N–H and O–H groups in total. The molecule has 2 aromatic heterocycles. The maximum atomic E-state index is 11.8. The van der Waals surface area contributed by atoms with Crippen LogP contribution in [0.1, 0.15) is 14.5 Å². The summed E-state index contributed by atoms with van der Waals surface area (Å²) in [6.45, 7) is -0.204. The number of aromatic nitrogens is 1. The topological polar surface area (TPSA) is 62.2 Å². The number of aliphatic hydroxyl groups excluding tert-OH is 1. The number of hydrogen-bond donors (Lipinski definition) is 2. The summed E-state index contributed by atoms with van der Waals surface area (Å²) in [6.07, 6.45) is 1.54. The van der Waals surface area contributed by atoms with E-state index in [2.05, 4.69) is 22.1 Å². The molecule has 2 heterocycles. The summed E-state index contributed by atoms with van der Waals surface area (Å²) in [4.78, 5) is 17.0. The lowest BCUT2D eigenvalue weighted by molar-refractivity contribution is 0.103.